The minimum absolute atomic E-state index is 0. The SMILES string of the molecule is [Am].c1ccc(C23C[C-]4CC(C2)C(C4)C3)cc1. The summed E-state index contributed by atoms with van der Waals surface area (Å²) < 4.78 is 0. The van der Waals surface area contributed by atoms with Crippen LogP contribution < -0.4 is 0 Å². The standard InChI is InChI=1S/C15H17.Am/c1-2-4-14(5-3-1)15-8-11-6-12(9-15)13(7-11)10-15;/h1-5,12-13H,6-10H2;/q-1;. The summed E-state index contributed by atoms with van der Waals surface area (Å²) in [7, 11) is 0. The fourth-order valence-electron chi connectivity index (χ4n) is 4.62. The Kier molecular flexibility index (Phi) is 2.38. The molecule has 1 aromatic carbocycles. The molecule has 4 aliphatic carbocycles. The van der Waals surface area contributed by atoms with E-state index >= 15 is 0 Å². The van der Waals surface area contributed by atoms with Gasteiger partial charge in [0, 0.05) is 14.3 Å². The summed E-state index contributed by atoms with van der Waals surface area (Å²) in [6.45, 7) is 0. The maximum absolute atomic E-state index is 2.35. The largest absolute Gasteiger partial charge is 0.312 e. The molecule has 0 aromatic heterocycles. The Labute approximate surface area is 106 Å². The van der Waals surface area contributed by atoms with Gasteiger partial charge in [0.2, 0.25) is 0 Å². The number of benzene rings is 1. The molecule has 1 heteroatoms. The van der Waals surface area contributed by atoms with E-state index in [0.29, 0.717) is 5.41 Å². The van der Waals surface area contributed by atoms with E-state index in [0.717, 1.165) is 11.8 Å². The molecule has 2 unspecified atom stereocenters. The van der Waals surface area contributed by atoms with Gasteiger partial charge in [0.05, 0.1) is 0 Å². The Hall–Kier alpha value is -0.390. The molecule has 0 saturated heterocycles. The molecule has 16 heavy (non-hydrogen) atoms. The van der Waals surface area contributed by atoms with E-state index in [1.807, 2.05) is 5.92 Å². The number of hydrogen-bond acceptors (Lipinski definition) is 0. The predicted octanol–water partition coefficient (Wildman–Crippen LogP) is 3.72. The van der Waals surface area contributed by atoms with Crippen LogP contribution in [0.4, 0.5) is 0 Å². The van der Waals surface area contributed by atoms with Gasteiger partial charge in [0.15, 0.2) is 0 Å². The van der Waals surface area contributed by atoms with Gasteiger partial charge in [0.25, 0.3) is 0 Å². The first-order valence-corrected chi connectivity index (χ1v) is 6.25. The van der Waals surface area contributed by atoms with Crippen LogP contribution in [0.2, 0.25) is 0 Å². The normalized spacial score (nSPS) is 40.0. The summed E-state index contributed by atoms with van der Waals surface area (Å²) in [5.41, 5.74) is 2.19. The first kappa shape index (κ1) is 10.7. The zero-order chi connectivity index (χ0) is 9.88. The van der Waals surface area contributed by atoms with Crippen molar-refractivity contribution >= 4 is 0 Å². The summed E-state index contributed by atoms with van der Waals surface area (Å²) in [5, 5.41) is 0. The molecule has 4 fully saturated rings. The van der Waals surface area contributed by atoms with Crippen LogP contribution in [0.3, 0.4) is 0 Å². The molecular weight excluding hydrogens is 423 g/mol. The zero-order valence-electron chi connectivity index (χ0n) is 9.45. The molecule has 0 heterocycles. The predicted molar refractivity (Wildman–Crippen MR) is 61.4 cm³/mol. The molecule has 5 rings (SSSR count). The molecule has 2 atom stereocenters. The van der Waals surface area contributed by atoms with Gasteiger partial charge in [-0.15, -0.1) is 0 Å². The Morgan fingerprint density at radius 1 is 1.00 bits per heavy atom. The fraction of sp³-hybridized carbons (Fsp3) is 0.533. The van der Waals surface area contributed by atoms with Crippen LogP contribution in [0.1, 0.15) is 37.7 Å². The second-order valence-electron chi connectivity index (χ2n) is 5.91. The molecule has 4 aliphatic rings. The maximum atomic E-state index is 2.35. The molecule has 0 amide bonds. The van der Waals surface area contributed by atoms with Gasteiger partial charge >= 0.3 is 0 Å². The molecule has 0 nitrogen and oxygen atoms in total. The van der Waals surface area contributed by atoms with Gasteiger partial charge in [-0.25, -0.2) is 0 Å². The molecule has 0 N–H and O–H groups in total. The average Bonchev–Trinajstić information content (AvgIpc) is 2.69. The average molecular weight is 440 g/mol. The van der Waals surface area contributed by atoms with E-state index in [-0.39, 0.29) is 14.3 Å². The van der Waals surface area contributed by atoms with Crippen LogP contribution in [-0.4, -0.2) is 0 Å². The molecule has 4 saturated carbocycles. The van der Waals surface area contributed by atoms with Gasteiger partial charge < -0.3 is 5.92 Å². The van der Waals surface area contributed by atoms with Crippen molar-refractivity contribution in [2.24, 2.45) is 11.8 Å². The number of rotatable bonds is 1. The van der Waals surface area contributed by atoms with Gasteiger partial charge in [-0.3, -0.25) is 0 Å². The zero-order valence-corrected chi connectivity index (χ0v) is 12.6. The molecule has 1 radical (unpaired) electrons. The summed E-state index contributed by atoms with van der Waals surface area (Å²) in [6.07, 6.45) is 7.30. The first-order chi connectivity index (χ1) is 7.36. The minimum Gasteiger partial charge on any atom is -0.312 e. The van der Waals surface area contributed by atoms with E-state index in [4.69, 9.17) is 0 Å². The summed E-state index contributed by atoms with van der Waals surface area (Å²) in [4.78, 5) is 0. The van der Waals surface area contributed by atoms with Gasteiger partial charge in [0.1, 0.15) is 0 Å². The van der Waals surface area contributed by atoms with E-state index in [2.05, 4.69) is 30.3 Å². The van der Waals surface area contributed by atoms with Crippen molar-refractivity contribution < 1.29 is 14.3 Å². The molecular formula is C15H17Am-. The third-order valence-corrected chi connectivity index (χ3v) is 5.05. The van der Waals surface area contributed by atoms with E-state index < -0.39 is 0 Å². The van der Waals surface area contributed by atoms with Gasteiger partial charge in [-0.05, 0) is 23.8 Å². The first-order valence-electron chi connectivity index (χ1n) is 6.25. The van der Waals surface area contributed by atoms with E-state index in [1.54, 1.807) is 5.56 Å². The van der Waals surface area contributed by atoms with E-state index in [1.165, 1.54) is 32.1 Å². The Balaban J connectivity index is 0.000000810. The quantitative estimate of drug-likeness (QED) is 0.585. The minimum atomic E-state index is 0. The van der Waals surface area contributed by atoms with Crippen molar-refractivity contribution in [3.05, 3.63) is 41.8 Å². The second-order valence-corrected chi connectivity index (χ2v) is 5.91. The molecule has 85 valence electrons. The van der Waals surface area contributed by atoms with Crippen LogP contribution in [0.25, 0.3) is 0 Å². The van der Waals surface area contributed by atoms with Gasteiger partial charge in [-0.1, -0.05) is 42.2 Å². The third-order valence-electron chi connectivity index (χ3n) is 5.05. The van der Waals surface area contributed by atoms with Crippen molar-refractivity contribution in [1.29, 1.82) is 0 Å². The summed E-state index contributed by atoms with van der Waals surface area (Å²) in [6, 6.07) is 11.3. The fourth-order valence-corrected chi connectivity index (χ4v) is 4.62. The van der Waals surface area contributed by atoms with Crippen molar-refractivity contribution in [2.75, 3.05) is 0 Å². The van der Waals surface area contributed by atoms with Crippen LogP contribution >= 0.6 is 0 Å². The Morgan fingerprint density at radius 2 is 1.62 bits per heavy atom. The maximum Gasteiger partial charge on any atom is 0 e. The van der Waals surface area contributed by atoms with Crippen LogP contribution in [0, 0.1) is 32.0 Å². The van der Waals surface area contributed by atoms with E-state index in [9.17, 15) is 0 Å². The molecule has 0 spiro atoms. The van der Waals surface area contributed by atoms with Crippen LogP contribution in [0.15, 0.2) is 30.3 Å². The van der Waals surface area contributed by atoms with Crippen molar-refractivity contribution in [2.45, 2.75) is 37.5 Å². The third kappa shape index (κ3) is 1.31. The second kappa shape index (κ2) is 3.55. The summed E-state index contributed by atoms with van der Waals surface area (Å²) in [5.74, 6) is 3.98. The monoisotopic (exact) mass is 438 g/mol. The van der Waals surface area contributed by atoms with Crippen LogP contribution in [-0.2, 0) is 5.41 Å². The summed E-state index contributed by atoms with van der Waals surface area (Å²) >= 11 is 0. The van der Waals surface area contributed by atoms with Crippen LogP contribution in [0.5, 0.6) is 0 Å². The number of hydrogen-bond donors (Lipinski definition) is 0. The Bertz CT molecular complexity index is 364. The molecule has 0 aliphatic heterocycles. The molecule has 1 aromatic rings. The van der Waals surface area contributed by atoms with Crippen molar-refractivity contribution in [1.82, 2.24) is 0 Å². The van der Waals surface area contributed by atoms with Crippen molar-refractivity contribution in [3.8, 4) is 0 Å². The smallest absolute Gasteiger partial charge is 0 e. The van der Waals surface area contributed by atoms with Gasteiger partial charge in [-0.2, -0.15) is 19.3 Å². The topological polar surface area (TPSA) is 0 Å². The Morgan fingerprint density at radius 3 is 2.19 bits per heavy atom. The van der Waals surface area contributed by atoms with Crippen molar-refractivity contribution in [3.63, 3.8) is 0 Å². The molecule has 4 bridgehead atoms.